The molecule has 2 aliphatic heterocycles. The summed E-state index contributed by atoms with van der Waals surface area (Å²) in [5.74, 6) is 1.27. The van der Waals surface area contributed by atoms with Gasteiger partial charge in [-0.2, -0.15) is 0 Å². The minimum absolute atomic E-state index is 0.00627. The normalized spacial score (nSPS) is 14.3. The number of guanidine groups is 1. The fourth-order valence-electron chi connectivity index (χ4n) is 3.86. The molecule has 2 N–H and O–H groups in total. The zero-order chi connectivity index (χ0) is 23.2. The van der Waals surface area contributed by atoms with Crippen LogP contribution in [0.15, 0.2) is 47.5 Å². The number of carbonyl (C=O) groups is 2. The Balaban J connectivity index is 1.22. The Bertz CT molecular complexity index is 1040. The molecule has 2 aliphatic rings. The second kappa shape index (κ2) is 10.7. The van der Waals surface area contributed by atoms with Gasteiger partial charge in [0.1, 0.15) is 12.3 Å². The number of nitrogens with one attached hydrogen (secondary N) is 1. The third kappa shape index (κ3) is 6.03. The maximum absolute atomic E-state index is 12.6. The van der Waals surface area contributed by atoms with Gasteiger partial charge >= 0.3 is 0 Å². The average molecular weight is 471 g/mol. The number of nitrogens with zero attached hydrogens (tertiary/aromatic N) is 3. The van der Waals surface area contributed by atoms with Crippen molar-refractivity contribution < 1.29 is 19.4 Å². The summed E-state index contributed by atoms with van der Waals surface area (Å²) in [4.78, 5) is 32.3. The second-order valence-corrected chi connectivity index (χ2v) is 8.54. The highest BCUT2D eigenvalue weighted by Crippen LogP contribution is 2.30. The number of hydrogen-bond acceptors (Lipinski definition) is 6. The maximum Gasteiger partial charge on any atom is 0.246 e. The molecule has 0 saturated carbocycles. The molecule has 0 bridgehead atoms. The van der Waals surface area contributed by atoms with Crippen LogP contribution in [0, 0.1) is 0 Å². The van der Waals surface area contributed by atoms with Gasteiger partial charge in [-0.25, -0.2) is 4.99 Å². The van der Waals surface area contributed by atoms with Crippen molar-refractivity contribution in [3.63, 3.8) is 0 Å². The average Bonchev–Trinajstić information content (AvgIpc) is 3.16. The van der Waals surface area contributed by atoms with Crippen molar-refractivity contribution in [1.82, 2.24) is 15.1 Å². The van der Waals surface area contributed by atoms with E-state index < -0.39 is 0 Å². The number of aliphatic imine (C=N–C) groups is 1. The molecule has 0 radical (unpaired) electrons. The first-order valence-corrected chi connectivity index (χ1v) is 11.4. The number of ether oxygens (including phenoxy) is 1. The van der Waals surface area contributed by atoms with Gasteiger partial charge in [-0.1, -0.05) is 29.8 Å². The van der Waals surface area contributed by atoms with Crippen LogP contribution < -0.4 is 10.1 Å². The molecular weight excluding hydrogens is 444 g/mol. The minimum atomic E-state index is -0.0770. The molecule has 2 aromatic carbocycles. The molecule has 1 fully saturated rings. The number of benzene rings is 2. The highest BCUT2D eigenvalue weighted by atomic mass is 35.5. The van der Waals surface area contributed by atoms with Crippen LogP contribution in [-0.2, 0) is 22.7 Å². The predicted molar refractivity (Wildman–Crippen MR) is 125 cm³/mol. The zero-order valence-corrected chi connectivity index (χ0v) is 19.1. The van der Waals surface area contributed by atoms with Crippen LogP contribution >= 0.6 is 11.6 Å². The number of hydrogen-bond donors (Lipinski definition) is 2. The summed E-state index contributed by atoms with van der Waals surface area (Å²) in [5, 5.41) is 12.7. The van der Waals surface area contributed by atoms with E-state index in [4.69, 9.17) is 16.3 Å². The van der Waals surface area contributed by atoms with E-state index in [2.05, 4.69) is 10.3 Å². The van der Waals surface area contributed by atoms with Crippen LogP contribution in [-0.4, -0.2) is 59.0 Å². The van der Waals surface area contributed by atoms with Gasteiger partial charge in [0.2, 0.25) is 17.8 Å². The molecule has 0 spiro atoms. The molecule has 0 aliphatic carbocycles. The van der Waals surface area contributed by atoms with Crippen LogP contribution in [0.1, 0.15) is 30.4 Å². The van der Waals surface area contributed by atoms with Gasteiger partial charge in [0.05, 0.1) is 18.9 Å². The molecule has 0 atom stereocenters. The lowest BCUT2D eigenvalue weighted by atomic mass is 10.1. The predicted octanol–water partition coefficient (Wildman–Crippen LogP) is 2.84. The Labute approximate surface area is 197 Å². The first-order chi connectivity index (χ1) is 16.0. The quantitative estimate of drug-likeness (QED) is 0.521. The van der Waals surface area contributed by atoms with Crippen molar-refractivity contribution in [3.8, 4) is 5.75 Å². The Morgan fingerprint density at radius 1 is 1.18 bits per heavy atom. The van der Waals surface area contributed by atoms with Crippen molar-refractivity contribution in [2.24, 2.45) is 4.99 Å². The number of rotatable bonds is 10. The van der Waals surface area contributed by atoms with Crippen molar-refractivity contribution in [2.75, 3.05) is 26.3 Å². The summed E-state index contributed by atoms with van der Waals surface area (Å²) in [5.41, 5.74) is 2.83. The van der Waals surface area contributed by atoms with Gasteiger partial charge in [-0.15, -0.1) is 0 Å². The number of halogens is 1. The van der Waals surface area contributed by atoms with E-state index in [1.165, 1.54) is 0 Å². The molecular formula is C24H27ClN4O4. The lowest BCUT2D eigenvalue weighted by molar-refractivity contribution is -0.132. The van der Waals surface area contributed by atoms with Crippen LogP contribution in [0.2, 0.25) is 5.02 Å². The van der Waals surface area contributed by atoms with Gasteiger partial charge in [0, 0.05) is 37.1 Å². The molecule has 4 rings (SSSR count). The van der Waals surface area contributed by atoms with Crippen molar-refractivity contribution >= 4 is 35.1 Å². The smallest absolute Gasteiger partial charge is 0.246 e. The standard InChI is InChI=1S/C24H27ClN4O4/c25-19-7-4-17(5-8-19)14-28(10-11-30)23(32)3-1-2-12-33-20-9-6-18-15-29-16-22(31)27-24(29)26-21(18)13-20/h4-9,13,30H,1-3,10-12,14-16H2,(H,26,27,31). The fraction of sp³-hybridized carbons (Fsp3) is 0.375. The highest BCUT2D eigenvalue weighted by molar-refractivity contribution is 6.30. The van der Waals surface area contributed by atoms with E-state index in [-0.39, 0.29) is 18.4 Å². The number of aliphatic hydroxyl groups is 1. The zero-order valence-electron chi connectivity index (χ0n) is 18.3. The van der Waals surface area contributed by atoms with Gasteiger partial charge in [0.25, 0.3) is 0 Å². The third-order valence-electron chi connectivity index (χ3n) is 5.59. The van der Waals surface area contributed by atoms with E-state index in [0.717, 1.165) is 23.2 Å². The van der Waals surface area contributed by atoms with Crippen LogP contribution in [0.3, 0.4) is 0 Å². The molecule has 1 saturated heterocycles. The Kier molecular flexibility index (Phi) is 7.47. The Morgan fingerprint density at radius 2 is 2.00 bits per heavy atom. The highest BCUT2D eigenvalue weighted by Gasteiger charge is 2.29. The van der Waals surface area contributed by atoms with Gasteiger partial charge in [0.15, 0.2) is 0 Å². The Morgan fingerprint density at radius 3 is 2.79 bits per heavy atom. The molecule has 33 heavy (non-hydrogen) atoms. The van der Waals surface area contributed by atoms with Gasteiger partial charge < -0.3 is 19.6 Å². The lowest BCUT2D eigenvalue weighted by Crippen LogP contribution is -2.32. The number of fused-ring (bicyclic) bond motifs is 2. The molecule has 2 heterocycles. The molecule has 9 heteroatoms. The topological polar surface area (TPSA) is 94.5 Å². The fourth-order valence-corrected chi connectivity index (χ4v) is 3.99. The summed E-state index contributed by atoms with van der Waals surface area (Å²) in [7, 11) is 0. The summed E-state index contributed by atoms with van der Waals surface area (Å²) >= 11 is 5.92. The van der Waals surface area contributed by atoms with Crippen molar-refractivity contribution in [1.29, 1.82) is 0 Å². The van der Waals surface area contributed by atoms with E-state index in [9.17, 15) is 14.7 Å². The number of carbonyl (C=O) groups excluding carboxylic acids is 2. The monoisotopic (exact) mass is 470 g/mol. The van der Waals surface area contributed by atoms with E-state index >= 15 is 0 Å². The number of amides is 2. The third-order valence-corrected chi connectivity index (χ3v) is 5.84. The number of unbranched alkanes of at least 4 members (excludes halogenated alkanes) is 1. The molecule has 2 amide bonds. The molecule has 0 unspecified atom stereocenters. The summed E-state index contributed by atoms with van der Waals surface area (Å²) < 4.78 is 5.85. The first kappa shape index (κ1) is 23.1. The summed E-state index contributed by atoms with van der Waals surface area (Å²) in [6, 6.07) is 13.1. The lowest BCUT2D eigenvalue weighted by Gasteiger charge is -2.23. The number of aliphatic hydroxyl groups excluding tert-OH is 1. The summed E-state index contributed by atoms with van der Waals surface area (Å²) in [6.45, 7) is 2.14. The molecule has 0 aromatic heterocycles. The minimum Gasteiger partial charge on any atom is -0.494 e. The van der Waals surface area contributed by atoms with E-state index in [1.54, 1.807) is 17.0 Å². The Hall–Kier alpha value is -3.10. The molecule has 174 valence electrons. The largest absolute Gasteiger partial charge is 0.494 e. The summed E-state index contributed by atoms with van der Waals surface area (Å²) in [6.07, 6.45) is 1.81. The molecule has 8 nitrogen and oxygen atoms in total. The van der Waals surface area contributed by atoms with E-state index in [1.807, 2.05) is 35.2 Å². The first-order valence-electron chi connectivity index (χ1n) is 11.0. The maximum atomic E-state index is 12.6. The molecule has 2 aromatic rings. The van der Waals surface area contributed by atoms with Gasteiger partial charge in [-0.3, -0.25) is 14.9 Å². The van der Waals surface area contributed by atoms with Crippen LogP contribution in [0.5, 0.6) is 5.75 Å². The van der Waals surface area contributed by atoms with Crippen molar-refractivity contribution in [2.45, 2.75) is 32.4 Å². The SMILES string of the molecule is O=C1CN2Cc3ccc(OCCCCC(=O)N(CCO)Cc4ccc(Cl)cc4)cc3N=C2N1. The van der Waals surface area contributed by atoms with Crippen LogP contribution in [0.4, 0.5) is 5.69 Å². The van der Waals surface area contributed by atoms with E-state index in [0.29, 0.717) is 62.4 Å². The van der Waals surface area contributed by atoms with Gasteiger partial charge in [-0.05, 0) is 42.2 Å². The van der Waals surface area contributed by atoms with Crippen molar-refractivity contribution in [3.05, 3.63) is 58.6 Å². The second-order valence-electron chi connectivity index (χ2n) is 8.10. The van der Waals surface area contributed by atoms with Crippen LogP contribution in [0.25, 0.3) is 0 Å².